The van der Waals surface area contributed by atoms with Gasteiger partial charge in [-0.25, -0.2) is 4.79 Å². The van der Waals surface area contributed by atoms with E-state index in [2.05, 4.69) is 25.8 Å². The molecule has 1 aliphatic rings. The van der Waals surface area contributed by atoms with Crippen LogP contribution < -0.4 is 20.1 Å². The van der Waals surface area contributed by atoms with E-state index >= 15 is 0 Å². The van der Waals surface area contributed by atoms with Crippen LogP contribution in [0.3, 0.4) is 0 Å². The fraction of sp³-hybridized carbons (Fsp3) is 0.0800. The number of aromatic nitrogens is 5. The molecule has 4 heterocycles. The number of rotatable bonds is 4. The van der Waals surface area contributed by atoms with Gasteiger partial charge in [-0.2, -0.15) is 9.61 Å². The maximum atomic E-state index is 12.6. The Morgan fingerprint density at radius 1 is 0.800 bits per heavy atom. The Bertz CT molecular complexity index is 1540. The zero-order valence-electron chi connectivity index (χ0n) is 18.4. The van der Waals surface area contributed by atoms with Crippen molar-refractivity contribution in [3.8, 4) is 34.3 Å². The lowest BCUT2D eigenvalue weighted by Crippen LogP contribution is -2.20. The molecule has 0 saturated heterocycles. The molecule has 35 heavy (non-hydrogen) atoms. The minimum absolute atomic E-state index is 0.376. The number of ether oxygens (including phenoxy) is 2. The molecule has 0 aliphatic carbocycles. The zero-order chi connectivity index (χ0) is 23.6. The van der Waals surface area contributed by atoms with E-state index in [0.29, 0.717) is 58.9 Å². The first kappa shape index (κ1) is 20.6. The number of hydrogen-bond acceptors (Lipinski definition) is 7. The summed E-state index contributed by atoms with van der Waals surface area (Å²) in [7, 11) is 0. The molecule has 0 saturated carbocycles. The van der Waals surface area contributed by atoms with Gasteiger partial charge in [0.25, 0.3) is 0 Å². The molecular formula is C25H19N7O3. The highest BCUT2D eigenvalue weighted by molar-refractivity contribution is 6.00. The van der Waals surface area contributed by atoms with Crippen LogP contribution >= 0.6 is 0 Å². The molecule has 172 valence electrons. The molecule has 1 aliphatic heterocycles. The number of pyridine rings is 1. The Balaban J connectivity index is 1.22. The second kappa shape index (κ2) is 8.75. The van der Waals surface area contributed by atoms with Gasteiger partial charge in [-0.05, 0) is 48.5 Å². The van der Waals surface area contributed by atoms with E-state index in [-0.39, 0.29) is 6.03 Å². The average Bonchev–Trinajstić information content (AvgIpc) is 3.32. The molecule has 0 spiro atoms. The molecule has 0 atom stereocenters. The van der Waals surface area contributed by atoms with E-state index in [1.165, 1.54) is 0 Å². The van der Waals surface area contributed by atoms with Crippen molar-refractivity contribution in [3.63, 3.8) is 0 Å². The molecule has 3 aromatic heterocycles. The molecule has 0 radical (unpaired) electrons. The van der Waals surface area contributed by atoms with Crippen LogP contribution in [0.2, 0.25) is 0 Å². The lowest BCUT2D eigenvalue weighted by Gasteiger charge is -2.19. The van der Waals surface area contributed by atoms with Crippen molar-refractivity contribution in [2.45, 2.75) is 0 Å². The number of amides is 2. The fourth-order valence-electron chi connectivity index (χ4n) is 3.77. The van der Waals surface area contributed by atoms with Crippen LogP contribution in [0, 0.1) is 0 Å². The Hall–Kier alpha value is -4.99. The third kappa shape index (κ3) is 4.20. The topological polar surface area (TPSA) is 116 Å². The highest BCUT2D eigenvalue weighted by Gasteiger charge is 2.14. The molecule has 2 aromatic carbocycles. The SMILES string of the molecule is O=C(Nc1cccc(-c2ccc3nnc(-c4ccccn4)n3n2)c1)Nc1ccc2c(c1)OCCO2. The van der Waals surface area contributed by atoms with Crippen molar-refractivity contribution in [3.05, 3.63) is 79.0 Å². The lowest BCUT2D eigenvalue weighted by atomic mass is 10.1. The molecule has 0 bridgehead atoms. The van der Waals surface area contributed by atoms with Crippen LogP contribution in [0.4, 0.5) is 16.2 Å². The van der Waals surface area contributed by atoms with Crippen LogP contribution in [-0.4, -0.2) is 44.0 Å². The van der Waals surface area contributed by atoms with Crippen LogP contribution in [0.1, 0.15) is 0 Å². The van der Waals surface area contributed by atoms with E-state index < -0.39 is 0 Å². The van der Waals surface area contributed by atoms with Gasteiger partial charge in [-0.3, -0.25) is 4.98 Å². The monoisotopic (exact) mass is 465 g/mol. The number of nitrogens with zero attached hydrogens (tertiary/aromatic N) is 5. The molecule has 0 unspecified atom stereocenters. The van der Waals surface area contributed by atoms with Crippen LogP contribution in [0.15, 0.2) is 79.0 Å². The minimum atomic E-state index is -0.376. The number of fused-ring (bicyclic) bond motifs is 2. The van der Waals surface area contributed by atoms with Crippen molar-refractivity contribution in [1.29, 1.82) is 0 Å². The number of anilines is 2. The molecule has 10 nitrogen and oxygen atoms in total. The third-order valence-corrected chi connectivity index (χ3v) is 5.37. The van der Waals surface area contributed by atoms with Gasteiger partial charge in [0.1, 0.15) is 18.9 Å². The Morgan fingerprint density at radius 3 is 2.51 bits per heavy atom. The number of hydrogen-bond donors (Lipinski definition) is 2. The molecule has 2 amide bonds. The smallest absolute Gasteiger partial charge is 0.323 e. The molecule has 10 heteroatoms. The summed E-state index contributed by atoms with van der Waals surface area (Å²) in [5, 5.41) is 18.8. The second-order valence-electron chi connectivity index (χ2n) is 7.75. The summed E-state index contributed by atoms with van der Waals surface area (Å²) in [4.78, 5) is 16.9. The number of carbonyl (C=O) groups is 1. The van der Waals surface area contributed by atoms with Gasteiger partial charge in [0.05, 0.1) is 5.69 Å². The van der Waals surface area contributed by atoms with Crippen LogP contribution in [0.25, 0.3) is 28.4 Å². The van der Waals surface area contributed by atoms with Gasteiger partial charge in [-0.15, -0.1) is 10.2 Å². The van der Waals surface area contributed by atoms with Crippen molar-refractivity contribution >= 4 is 23.1 Å². The zero-order valence-corrected chi connectivity index (χ0v) is 18.4. The molecule has 5 aromatic rings. The van der Waals surface area contributed by atoms with Crippen molar-refractivity contribution in [1.82, 2.24) is 24.8 Å². The second-order valence-corrected chi connectivity index (χ2v) is 7.75. The van der Waals surface area contributed by atoms with Crippen molar-refractivity contribution < 1.29 is 14.3 Å². The largest absolute Gasteiger partial charge is 0.486 e. The van der Waals surface area contributed by atoms with Crippen molar-refractivity contribution in [2.24, 2.45) is 0 Å². The van der Waals surface area contributed by atoms with Crippen LogP contribution in [-0.2, 0) is 0 Å². The highest BCUT2D eigenvalue weighted by atomic mass is 16.6. The van der Waals surface area contributed by atoms with Gasteiger partial charge in [-0.1, -0.05) is 18.2 Å². The summed E-state index contributed by atoms with van der Waals surface area (Å²) in [6.45, 7) is 0.994. The van der Waals surface area contributed by atoms with Gasteiger partial charge in [0.15, 0.2) is 17.1 Å². The summed E-state index contributed by atoms with van der Waals surface area (Å²) < 4.78 is 12.7. The average molecular weight is 465 g/mol. The first-order valence-electron chi connectivity index (χ1n) is 10.9. The van der Waals surface area contributed by atoms with Gasteiger partial charge in [0.2, 0.25) is 5.82 Å². The lowest BCUT2D eigenvalue weighted by molar-refractivity contribution is 0.171. The predicted octanol–water partition coefficient (Wildman–Crippen LogP) is 4.27. The van der Waals surface area contributed by atoms with Gasteiger partial charge < -0.3 is 20.1 Å². The summed E-state index contributed by atoms with van der Waals surface area (Å²) in [6.07, 6.45) is 1.70. The minimum Gasteiger partial charge on any atom is -0.486 e. The number of nitrogens with one attached hydrogen (secondary N) is 2. The molecule has 0 fully saturated rings. The Morgan fingerprint density at radius 2 is 1.66 bits per heavy atom. The normalized spacial score (nSPS) is 12.3. The standard InChI is InChI=1S/C25H19N7O3/c33-25(28-18-7-9-21-22(15-18)35-13-12-34-21)27-17-5-3-4-16(14-17)19-8-10-23-29-30-24(32(23)31-19)20-6-1-2-11-26-20/h1-11,14-15H,12-13H2,(H2,27,28,33). The summed E-state index contributed by atoms with van der Waals surface area (Å²) in [5.74, 6) is 1.82. The first-order valence-corrected chi connectivity index (χ1v) is 10.9. The predicted molar refractivity (Wildman–Crippen MR) is 130 cm³/mol. The van der Waals surface area contributed by atoms with Crippen LogP contribution in [0.5, 0.6) is 11.5 Å². The van der Waals surface area contributed by atoms with E-state index in [1.54, 1.807) is 28.9 Å². The Kier molecular flexibility index (Phi) is 5.15. The van der Waals surface area contributed by atoms with E-state index in [1.807, 2.05) is 54.6 Å². The third-order valence-electron chi connectivity index (χ3n) is 5.37. The summed E-state index contributed by atoms with van der Waals surface area (Å²) >= 11 is 0. The Labute approximate surface area is 199 Å². The van der Waals surface area contributed by atoms with E-state index in [4.69, 9.17) is 14.6 Å². The van der Waals surface area contributed by atoms with Gasteiger partial charge >= 0.3 is 6.03 Å². The first-order chi connectivity index (χ1) is 17.2. The molecule has 6 rings (SSSR count). The maximum Gasteiger partial charge on any atom is 0.323 e. The number of benzene rings is 2. The quantitative estimate of drug-likeness (QED) is 0.407. The fourth-order valence-corrected chi connectivity index (χ4v) is 3.77. The molecule has 2 N–H and O–H groups in total. The van der Waals surface area contributed by atoms with Gasteiger partial charge in [0, 0.05) is 29.2 Å². The summed E-state index contributed by atoms with van der Waals surface area (Å²) in [6, 6.07) is 21.6. The number of carbonyl (C=O) groups excluding carboxylic acids is 1. The molecular weight excluding hydrogens is 446 g/mol. The van der Waals surface area contributed by atoms with Crippen molar-refractivity contribution in [2.75, 3.05) is 23.8 Å². The maximum absolute atomic E-state index is 12.6. The highest BCUT2D eigenvalue weighted by Crippen LogP contribution is 2.32. The van der Waals surface area contributed by atoms with E-state index in [0.717, 1.165) is 5.56 Å². The number of urea groups is 1. The van der Waals surface area contributed by atoms with E-state index in [9.17, 15) is 4.79 Å². The summed E-state index contributed by atoms with van der Waals surface area (Å²) in [5.41, 5.74) is 4.03.